The van der Waals surface area contributed by atoms with Crippen LogP contribution >= 0.6 is 0 Å². The average Bonchev–Trinajstić information content (AvgIpc) is 2.07. The van der Waals surface area contributed by atoms with Crippen molar-refractivity contribution >= 4 is 5.71 Å². The third kappa shape index (κ3) is 2.69. The molecular weight excluding hydrogens is 158 g/mol. The third-order valence-corrected chi connectivity index (χ3v) is 2.49. The van der Waals surface area contributed by atoms with E-state index < -0.39 is 0 Å². The molecule has 0 atom stereocenters. The predicted molar refractivity (Wildman–Crippen MR) is 57.6 cm³/mol. The van der Waals surface area contributed by atoms with Crippen LogP contribution in [-0.4, -0.2) is 5.71 Å². The van der Waals surface area contributed by atoms with Crippen molar-refractivity contribution in [1.29, 1.82) is 5.41 Å². The van der Waals surface area contributed by atoms with Crippen LogP contribution in [0.1, 0.15) is 30.0 Å². The number of benzene rings is 1. The Bertz CT molecular complexity index is 313. The molecule has 0 aliphatic carbocycles. The van der Waals surface area contributed by atoms with Crippen LogP contribution in [0.2, 0.25) is 0 Å². The summed E-state index contributed by atoms with van der Waals surface area (Å²) in [5, 5.41) is 7.37. The maximum absolute atomic E-state index is 7.37. The van der Waals surface area contributed by atoms with Crippen LogP contribution in [0.15, 0.2) is 18.2 Å². The molecule has 0 radical (unpaired) electrons. The summed E-state index contributed by atoms with van der Waals surface area (Å²) in [5.74, 6) is 0. The first-order chi connectivity index (χ1) is 6.11. The van der Waals surface area contributed by atoms with Gasteiger partial charge in [0.1, 0.15) is 0 Å². The first-order valence-electron chi connectivity index (χ1n) is 4.70. The van der Waals surface area contributed by atoms with Crippen LogP contribution in [0.4, 0.5) is 0 Å². The predicted octanol–water partition coefficient (Wildman–Crippen LogP) is 3.28. The molecule has 1 nitrogen and oxygen atoms in total. The molecule has 1 aromatic carbocycles. The normalized spacial score (nSPS) is 10.1. The van der Waals surface area contributed by atoms with Gasteiger partial charge in [0, 0.05) is 5.71 Å². The summed E-state index contributed by atoms with van der Waals surface area (Å²) < 4.78 is 0. The van der Waals surface area contributed by atoms with Gasteiger partial charge in [0.25, 0.3) is 0 Å². The molecule has 1 aromatic rings. The highest BCUT2D eigenvalue weighted by molar-refractivity contribution is 5.78. The van der Waals surface area contributed by atoms with Gasteiger partial charge in [-0.2, -0.15) is 0 Å². The van der Waals surface area contributed by atoms with Crippen molar-refractivity contribution in [3.05, 3.63) is 34.9 Å². The number of aryl methyl sites for hydroxylation is 2. The largest absolute Gasteiger partial charge is 0.310 e. The summed E-state index contributed by atoms with van der Waals surface area (Å²) in [6, 6.07) is 6.39. The molecule has 1 heteroatoms. The fraction of sp³-hybridized carbons (Fsp3) is 0.417. The lowest BCUT2D eigenvalue weighted by Crippen LogP contribution is -1.96. The van der Waals surface area contributed by atoms with E-state index in [1.807, 2.05) is 6.92 Å². The Morgan fingerprint density at radius 2 is 2.00 bits per heavy atom. The quantitative estimate of drug-likeness (QED) is 0.682. The third-order valence-electron chi connectivity index (χ3n) is 2.49. The Morgan fingerprint density at radius 3 is 2.62 bits per heavy atom. The highest BCUT2D eigenvalue weighted by Crippen LogP contribution is 2.14. The minimum Gasteiger partial charge on any atom is -0.310 e. The molecule has 0 aliphatic heterocycles. The highest BCUT2D eigenvalue weighted by atomic mass is 14.4. The molecule has 0 saturated heterocycles. The summed E-state index contributed by atoms with van der Waals surface area (Å²) in [4.78, 5) is 0. The second-order valence-electron chi connectivity index (χ2n) is 3.64. The van der Waals surface area contributed by atoms with E-state index in [0.717, 1.165) is 18.6 Å². The smallest absolute Gasteiger partial charge is 0.00615 e. The number of nitrogens with one attached hydrogen (secondary N) is 1. The van der Waals surface area contributed by atoms with E-state index in [2.05, 4.69) is 32.0 Å². The molecule has 0 aromatic heterocycles. The van der Waals surface area contributed by atoms with Gasteiger partial charge in [-0.05, 0) is 50.3 Å². The zero-order valence-electron chi connectivity index (χ0n) is 8.65. The van der Waals surface area contributed by atoms with Crippen molar-refractivity contribution in [2.24, 2.45) is 0 Å². The molecule has 0 saturated carbocycles. The lowest BCUT2D eigenvalue weighted by Gasteiger charge is -2.07. The fourth-order valence-corrected chi connectivity index (χ4v) is 1.40. The Kier molecular flexibility index (Phi) is 3.24. The summed E-state index contributed by atoms with van der Waals surface area (Å²) >= 11 is 0. The summed E-state index contributed by atoms with van der Waals surface area (Å²) in [7, 11) is 0. The monoisotopic (exact) mass is 175 g/mol. The molecule has 13 heavy (non-hydrogen) atoms. The van der Waals surface area contributed by atoms with Crippen molar-refractivity contribution in [3.63, 3.8) is 0 Å². The van der Waals surface area contributed by atoms with Gasteiger partial charge >= 0.3 is 0 Å². The molecule has 0 aliphatic rings. The number of rotatable bonds is 3. The second-order valence-corrected chi connectivity index (χ2v) is 3.64. The van der Waals surface area contributed by atoms with Crippen molar-refractivity contribution in [1.82, 2.24) is 0 Å². The van der Waals surface area contributed by atoms with E-state index in [0.29, 0.717) is 0 Å². The van der Waals surface area contributed by atoms with Gasteiger partial charge in [0.15, 0.2) is 0 Å². The van der Waals surface area contributed by atoms with Gasteiger partial charge < -0.3 is 5.41 Å². The Hall–Kier alpha value is -1.11. The molecule has 1 rings (SSSR count). The van der Waals surface area contributed by atoms with Crippen LogP contribution in [0.25, 0.3) is 0 Å². The molecule has 70 valence electrons. The SMILES string of the molecule is CC(=N)CCc1cccc(C)c1C. The zero-order chi connectivity index (χ0) is 9.84. The molecule has 1 N–H and O–H groups in total. The maximum Gasteiger partial charge on any atom is 0.00615 e. The van der Waals surface area contributed by atoms with Crippen molar-refractivity contribution in [2.45, 2.75) is 33.6 Å². The van der Waals surface area contributed by atoms with Gasteiger partial charge in [-0.1, -0.05) is 18.2 Å². The Labute approximate surface area is 80.3 Å². The lowest BCUT2D eigenvalue weighted by molar-refractivity contribution is 1.00. The van der Waals surface area contributed by atoms with E-state index in [1.54, 1.807) is 0 Å². The molecule has 0 fully saturated rings. The van der Waals surface area contributed by atoms with Crippen LogP contribution < -0.4 is 0 Å². The molecule has 0 bridgehead atoms. The topological polar surface area (TPSA) is 23.9 Å². The number of hydrogen-bond donors (Lipinski definition) is 1. The summed E-state index contributed by atoms with van der Waals surface area (Å²) in [5.41, 5.74) is 4.87. The fourth-order valence-electron chi connectivity index (χ4n) is 1.40. The molecule has 0 spiro atoms. The van der Waals surface area contributed by atoms with Crippen LogP contribution in [-0.2, 0) is 6.42 Å². The lowest BCUT2D eigenvalue weighted by atomic mass is 9.99. The van der Waals surface area contributed by atoms with Gasteiger partial charge in [-0.15, -0.1) is 0 Å². The van der Waals surface area contributed by atoms with E-state index in [9.17, 15) is 0 Å². The highest BCUT2D eigenvalue weighted by Gasteiger charge is 2.00. The van der Waals surface area contributed by atoms with Crippen molar-refractivity contribution < 1.29 is 0 Å². The first kappa shape index (κ1) is 9.97. The van der Waals surface area contributed by atoms with Crippen molar-refractivity contribution in [3.8, 4) is 0 Å². The molecule has 0 heterocycles. The van der Waals surface area contributed by atoms with Crippen molar-refractivity contribution in [2.75, 3.05) is 0 Å². The maximum atomic E-state index is 7.37. The standard InChI is InChI=1S/C12H17N/c1-9-5-4-6-12(11(9)3)8-7-10(2)13/h4-6,13H,7-8H2,1-3H3. The molecule has 0 unspecified atom stereocenters. The minimum absolute atomic E-state index is 0.765. The van der Waals surface area contributed by atoms with E-state index in [1.165, 1.54) is 16.7 Å². The Balaban J connectivity index is 2.77. The summed E-state index contributed by atoms with van der Waals surface area (Å²) in [6.07, 6.45) is 1.88. The van der Waals surface area contributed by atoms with Crippen LogP contribution in [0, 0.1) is 19.3 Å². The second kappa shape index (κ2) is 4.22. The zero-order valence-corrected chi connectivity index (χ0v) is 8.65. The minimum atomic E-state index is 0.765. The average molecular weight is 175 g/mol. The van der Waals surface area contributed by atoms with Gasteiger partial charge in [-0.25, -0.2) is 0 Å². The van der Waals surface area contributed by atoms with E-state index in [-0.39, 0.29) is 0 Å². The van der Waals surface area contributed by atoms with Gasteiger partial charge in [0.2, 0.25) is 0 Å². The first-order valence-corrected chi connectivity index (χ1v) is 4.70. The summed E-state index contributed by atoms with van der Waals surface area (Å²) in [6.45, 7) is 6.16. The van der Waals surface area contributed by atoms with Crippen LogP contribution in [0.5, 0.6) is 0 Å². The van der Waals surface area contributed by atoms with Crippen LogP contribution in [0.3, 0.4) is 0 Å². The van der Waals surface area contributed by atoms with E-state index in [4.69, 9.17) is 5.41 Å². The Morgan fingerprint density at radius 1 is 1.31 bits per heavy atom. The molecule has 0 amide bonds. The van der Waals surface area contributed by atoms with Gasteiger partial charge in [-0.3, -0.25) is 0 Å². The number of hydrogen-bond acceptors (Lipinski definition) is 1. The van der Waals surface area contributed by atoms with E-state index >= 15 is 0 Å². The van der Waals surface area contributed by atoms with Gasteiger partial charge in [0.05, 0.1) is 0 Å². The molecular formula is C12H17N.